The number of benzene rings is 2. The summed E-state index contributed by atoms with van der Waals surface area (Å²) in [6, 6.07) is 10.1. The van der Waals surface area contributed by atoms with Gasteiger partial charge in [-0.15, -0.1) is 0 Å². The molecule has 1 aliphatic heterocycles. The Balaban J connectivity index is 1.58. The number of hydrogen-bond acceptors (Lipinski definition) is 6. The SMILES string of the molecule is COc1ccc(C(=O)Nc2cccc(S(=O)(=O)NC3CC3)c2)cc1S(=O)(=O)N1CCCC1. The van der Waals surface area contributed by atoms with Crippen molar-refractivity contribution >= 4 is 31.6 Å². The summed E-state index contributed by atoms with van der Waals surface area (Å²) >= 11 is 0. The third-order valence-corrected chi connectivity index (χ3v) is 8.85. The van der Waals surface area contributed by atoms with Gasteiger partial charge in [-0.05, 0) is 62.1 Å². The lowest BCUT2D eigenvalue weighted by atomic mass is 10.2. The average Bonchev–Trinajstić information content (AvgIpc) is 3.38. The van der Waals surface area contributed by atoms with Crippen molar-refractivity contribution in [2.24, 2.45) is 0 Å². The van der Waals surface area contributed by atoms with E-state index in [4.69, 9.17) is 4.74 Å². The number of carbonyl (C=O) groups is 1. The minimum Gasteiger partial charge on any atom is -0.495 e. The van der Waals surface area contributed by atoms with E-state index in [1.165, 1.54) is 47.8 Å². The molecule has 0 atom stereocenters. The Labute approximate surface area is 187 Å². The summed E-state index contributed by atoms with van der Waals surface area (Å²) in [5.41, 5.74) is 0.404. The molecule has 32 heavy (non-hydrogen) atoms. The zero-order valence-electron chi connectivity index (χ0n) is 17.6. The van der Waals surface area contributed by atoms with Crippen molar-refractivity contribution in [3.05, 3.63) is 48.0 Å². The highest BCUT2D eigenvalue weighted by Gasteiger charge is 2.31. The molecule has 9 nitrogen and oxygen atoms in total. The lowest BCUT2D eigenvalue weighted by molar-refractivity contribution is 0.102. The maximum atomic E-state index is 13.0. The third-order valence-electron chi connectivity index (χ3n) is 5.41. The number of ether oxygens (including phenoxy) is 1. The second-order valence-corrected chi connectivity index (χ2v) is 11.5. The van der Waals surface area contributed by atoms with Crippen LogP contribution in [-0.2, 0) is 20.0 Å². The number of nitrogens with one attached hydrogen (secondary N) is 2. The van der Waals surface area contributed by atoms with E-state index in [1.54, 1.807) is 6.07 Å². The van der Waals surface area contributed by atoms with E-state index >= 15 is 0 Å². The first-order valence-corrected chi connectivity index (χ1v) is 13.2. The molecule has 0 aromatic heterocycles. The molecule has 0 radical (unpaired) electrons. The largest absolute Gasteiger partial charge is 0.495 e. The molecule has 11 heteroatoms. The van der Waals surface area contributed by atoms with Crippen molar-refractivity contribution < 1.29 is 26.4 Å². The highest BCUT2D eigenvalue weighted by molar-refractivity contribution is 7.89. The predicted molar refractivity (Wildman–Crippen MR) is 119 cm³/mol. The number of hydrogen-bond donors (Lipinski definition) is 2. The number of amides is 1. The Morgan fingerprint density at radius 3 is 2.41 bits per heavy atom. The van der Waals surface area contributed by atoms with Crippen LogP contribution in [0.15, 0.2) is 52.3 Å². The first-order valence-electron chi connectivity index (χ1n) is 10.3. The van der Waals surface area contributed by atoms with Crippen LogP contribution in [-0.4, -0.2) is 53.3 Å². The van der Waals surface area contributed by atoms with Crippen LogP contribution in [0, 0.1) is 0 Å². The van der Waals surface area contributed by atoms with Crippen LogP contribution in [0.4, 0.5) is 5.69 Å². The highest BCUT2D eigenvalue weighted by Crippen LogP contribution is 2.30. The highest BCUT2D eigenvalue weighted by atomic mass is 32.2. The second-order valence-electron chi connectivity index (χ2n) is 7.85. The van der Waals surface area contributed by atoms with Gasteiger partial charge in [-0.2, -0.15) is 4.31 Å². The van der Waals surface area contributed by atoms with Crippen molar-refractivity contribution in [2.75, 3.05) is 25.5 Å². The van der Waals surface area contributed by atoms with Crippen LogP contribution in [0.3, 0.4) is 0 Å². The van der Waals surface area contributed by atoms with E-state index in [9.17, 15) is 21.6 Å². The van der Waals surface area contributed by atoms with Gasteiger partial charge in [0.15, 0.2) is 0 Å². The van der Waals surface area contributed by atoms with E-state index in [2.05, 4.69) is 10.0 Å². The van der Waals surface area contributed by atoms with E-state index in [-0.39, 0.29) is 32.8 Å². The molecule has 1 amide bonds. The van der Waals surface area contributed by atoms with Gasteiger partial charge in [0, 0.05) is 30.4 Å². The normalized spacial score (nSPS) is 17.3. The van der Waals surface area contributed by atoms with E-state index in [0.717, 1.165) is 25.7 Å². The van der Waals surface area contributed by atoms with Gasteiger partial charge in [0.25, 0.3) is 5.91 Å². The quantitative estimate of drug-likeness (QED) is 0.598. The summed E-state index contributed by atoms with van der Waals surface area (Å²) in [7, 11) is -6.09. The smallest absolute Gasteiger partial charge is 0.255 e. The van der Waals surface area contributed by atoms with Gasteiger partial charge in [0.1, 0.15) is 10.6 Å². The number of sulfonamides is 2. The van der Waals surface area contributed by atoms with Crippen molar-refractivity contribution in [2.45, 2.75) is 41.5 Å². The van der Waals surface area contributed by atoms with Gasteiger partial charge in [-0.3, -0.25) is 4.79 Å². The molecule has 2 aromatic rings. The van der Waals surface area contributed by atoms with Crippen LogP contribution < -0.4 is 14.8 Å². The fourth-order valence-corrected chi connectivity index (χ4v) is 6.57. The maximum absolute atomic E-state index is 13.0. The molecule has 1 heterocycles. The number of carbonyl (C=O) groups excluding carboxylic acids is 1. The van der Waals surface area contributed by atoms with Crippen molar-refractivity contribution in [3.8, 4) is 5.75 Å². The molecule has 0 unspecified atom stereocenters. The topological polar surface area (TPSA) is 122 Å². The Morgan fingerprint density at radius 1 is 1.03 bits per heavy atom. The molecule has 2 fully saturated rings. The number of nitrogens with zero attached hydrogens (tertiary/aromatic N) is 1. The third kappa shape index (κ3) is 4.80. The zero-order valence-corrected chi connectivity index (χ0v) is 19.2. The lowest BCUT2D eigenvalue weighted by Crippen LogP contribution is -2.28. The minimum atomic E-state index is -3.80. The van der Waals surface area contributed by atoms with Crippen molar-refractivity contribution in [1.82, 2.24) is 9.03 Å². The Morgan fingerprint density at radius 2 is 1.75 bits per heavy atom. The maximum Gasteiger partial charge on any atom is 0.255 e. The molecule has 1 saturated carbocycles. The van der Waals surface area contributed by atoms with E-state index in [0.29, 0.717) is 13.1 Å². The Kier molecular flexibility index (Phi) is 6.26. The van der Waals surface area contributed by atoms with Crippen molar-refractivity contribution in [3.63, 3.8) is 0 Å². The fraction of sp³-hybridized carbons (Fsp3) is 0.381. The summed E-state index contributed by atoms with van der Waals surface area (Å²) in [4.78, 5) is 12.8. The first kappa shape index (κ1) is 22.7. The lowest BCUT2D eigenvalue weighted by Gasteiger charge is -2.18. The summed E-state index contributed by atoms with van der Waals surface area (Å²) in [5, 5.41) is 2.64. The standard InChI is InChI=1S/C21H25N3O6S2/c1-30-19-10-7-15(13-20(19)32(28,29)24-11-2-3-12-24)21(25)22-17-5-4-6-18(14-17)31(26,27)23-16-8-9-16/h4-7,10,13-14,16,23H,2-3,8-9,11-12H2,1H3,(H,22,25). The minimum absolute atomic E-state index is 0.0338. The molecular formula is C21H25N3O6S2. The van der Waals surface area contributed by atoms with Gasteiger partial charge in [-0.1, -0.05) is 6.07 Å². The molecule has 0 spiro atoms. The van der Waals surface area contributed by atoms with Gasteiger partial charge in [0.2, 0.25) is 20.0 Å². The summed E-state index contributed by atoms with van der Waals surface area (Å²) in [5.74, 6) is -0.400. The Hall–Kier alpha value is -2.47. The van der Waals surface area contributed by atoms with Gasteiger partial charge in [-0.25, -0.2) is 21.6 Å². The van der Waals surface area contributed by atoms with Crippen LogP contribution >= 0.6 is 0 Å². The van der Waals surface area contributed by atoms with Gasteiger partial charge >= 0.3 is 0 Å². The van der Waals surface area contributed by atoms with Crippen LogP contribution in [0.5, 0.6) is 5.75 Å². The molecule has 4 rings (SSSR count). The summed E-state index contributed by atoms with van der Waals surface area (Å²) in [6.45, 7) is 0.857. The van der Waals surface area contributed by atoms with Crippen LogP contribution in [0.1, 0.15) is 36.0 Å². The zero-order chi connectivity index (χ0) is 22.9. The van der Waals surface area contributed by atoms with Crippen LogP contribution in [0.2, 0.25) is 0 Å². The summed E-state index contributed by atoms with van der Waals surface area (Å²) < 4.78 is 60.1. The van der Waals surface area contributed by atoms with Crippen LogP contribution in [0.25, 0.3) is 0 Å². The average molecular weight is 480 g/mol. The molecule has 172 valence electrons. The molecule has 1 aliphatic carbocycles. The van der Waals surface area contributed by atoms with E-state index in [1.807, 2.05) is 0 Å². The molecule has 1 saturated heterocycles. The molecule has 2 aromatic carbocycles. The summed E-state index contributed by atoms with van der Waals surface area (Å²) in [6.07, 6.45) is 3.21. The van der Waals surface area contributed by atoms with Gasteiger partial charge < -0.3 is 10.1 Å². The molecule has 2 N–H and O–H groups in total. The monoisotopic (exact) mass is 479 g/mol. The first-order chi connectivity index (χ1) is 15.2. The second kappa shape index (κ2) is 8.81. The Bertz CT molecular complexity index is 1230. The van der Waals surface area contributed by atoms with Crippen molar-refractivity contribution in [1.29, 1.82) is 0 Å². The van der Waals surface area contributed by atoms with Gasteiger partial charge in [0.05, 0.1) is 12.0 Å². The fourth-order valence-electron chi connectivity index (χ4n) is 3.52. The number of rotatable bonds is 8. The molecular weight excluding hydrogens is 454 g/mol. The van der Waals surface area contributed by atoms with E-state index < -0.39 is 26.0 Å². The number of methoxy groups -OCH3 is 1. The molecule has 2 aliphatic rings. The molecule has 0 bridgehead atoms. The predicted octanol–water partition coefficient (Wildman–Crippen LogP) is 2.17. The number of anilines is 1.